The van der Waals surface area contributed by atoms with Gasteiger partial charge in [0.25, 0.3) is 11.8 Å². The molecule has 8 nitrogen and oxygen atoms in total. The second-order valence-corrected chi connectivity index (χ2v) is 9.44. The molecular weight excluding hydrogens is 452 g/mol. The first-order valence-corrected chi connectivity index (χ1v) is 12.1. The molecule has 3 heterocycles. The van der Waals surface area contributed by atoms with Crippen LogP contribution < -0.4 is 11.1 Å². The number of pyridine rings is 2. The lowest BCUT2D eigenvalue weighted by molar-refractivity contribution is 0.0712. The Hall–Kier alpha value is -4.25. The maximum Gasteiger partial charge on any atom is 0.253 e. The number of hydrogen-bond donors (Lipinski definition) is 2. The van der Waals surface area contributed by atoms with Gasteiger partial charge < -0.3 is 16.0 Å². The van der Waals surface area contributed by atoms with E-state index in [1.807, 2.05) is 43.9 Å². The van der Waals surface area contributed by atoms with E-state index in [9.17, 15) is 9.59 Å². The van der Waals surface area contributed by atoms with Crippen molar-refractivity contribution in [2.75, 3.05) is 18.4 Å². The van der Waals surface area contributed by atoms with Crippen LogP contribution in [0.4, 0.5) is 5.82 Å². The van der Waals surface area contributed by atoms with Gasteiger partial charge in [0.1, 0.15) is 11.9 Å². The minimum atomic E-state index is -0.566. The number of piperidine rings is 1. The molecule has 0 atom stereocenters. The van der Waals surface area contributed by atoms with Crippen molar-refractivity contribution in [2.45, 2.75) is 45.6 Å². The van der Waals surface area contributed by atoms with Crippen molar-refractivity contribution in [2.24, 2.45) is 5.73 Å². The number of carbonyl (C=O) groups excluding carboxylic acids is 2. The van der Waals surface area contributed by atoms with Gasteiger partial charge in [-0.2, -0.15) is 5.26 Å². The molecule has 1 aliphatic heterocycles. The van der Waals surface area contributed by atoms with Gasteiger partial charge in [0.15, 0.2) is 0 Å². The molecule has 2 amide bonds. The first-order valence-electron chi connectivity index (χ1n) is 12.1. The van der Waals surface area contributed by atoms with Crippen molar-refractivity contribution >= 4 is 17.6 Å². The molecule has 4 rings (SSSR count). The Kier molecular flexibility index (Phi) is 7.30. The third-order valence-electron chi connectivity index (χ3n) is 6.45. The van der Waals surface area contributed by atoms with E-state index in [-0.39, 0.29) is 17.9 Å². The number of nitrogens with one attached hydrogen (secondary N) is 1. The summed E-state index contributed by atoms with van der Waals surface area (Å²) in [6.07, 6.45) is 3.21. The predicted octanol–water partition coefficient (Wildman–Crippen LogP) is 4.26. The molecule has 0 unspecified atom stereocenters. The molecule has 184 valence electrons. The Morgan fingerprint density at radius 3 is 2.50 bits per heavy atom. The average molecular weight is 483 g/mol. The lowest BCUT2D eigenvalue weighted by Crippen LogP contribution is -2.38. The maximum absolute atomic E-state index is 13.4. The largest absolute Gasteiger partial charge is 0.368 e. The highest BCUT2D eigenvalue weighted by atomic mass is 16.2. The van der Waals surface area contributed by atoms with E-state index in [0.717, 1.165) is 24.1 Å². The number of nitriles is 1. The Bertz CT molecular complexity index is 1320. The van der Waals surface area contributed by atoms with Gasteiger partial charge in [-0.05, 0) is 75.6 Å². The van der Waals surface area contributed by atoms with Crippen LogP contribution in [0.25, 0.3) is 11.3 Å². The summed E-state index contributed by atoms with van der Waals surface area (Å²) < 4.78 is 0. The highest BCUT2D eigenvalue weighted by molar-refractivity contribution is 6.01. The first-order chi connectivity index (χ1) is 17.3. The van der Waals surface area contributed by atoms with Gasteiger partial charge in [-0.1, -0.05) is 6.07 Å². The van der Waals surface area contributed by atoms with E-state index < -0.39 is 5.91 Å². The number of primary amides is 1. The van der Waals surface area contributed by atoms with Crippen molar-refractivity contribution < 1.29 is 9.59 Å². The lowest BCUT2D eigenvalue weighted by atomic mass is 9.92. The standard InChI is InChI=1S/C28H30N6O2/c1-17(2)32-25-9-7-22(27(30)35)26(33-25)23-14-21(6-4-18(23)3)28(36)34-12-10-20(11-13-34)24-8-5-19(15-29)16-31-24/h4-9,14,16-17,20H,10-13H2,1-3H3,(H2,30,35)(H,32,33). The maximum atomic E-state index is 13.4. The Balaban J connectivity index is 1.56. The Morgan fingerprint density at radius 1 is 1.14 bits per heavy atom. The van der Waals surface area contributed by atoms with Gasteiger partial charge >= 0.3 is 0 Å². The van der Waals surface area contributed by atoms with Crippen molar-refractivity contribution in [3.63, 3.8) is 0 Å². The van der Waals surface area contributed by atoms with Crippen LogP contribution in [-0.4, -0.2) is 45.8 Å². The van der Waals surface area contributed by atoms with Crippen molar-refractivity contribution in [3.8, 4) is 17.3 Å². The fourth-order valence-corrected chi connectivity index (χ4v) is 4.52. The Morgan fingerprint density at radius 2 is 1.89 bits per heavy atom. The summed E-state index contributed by atoms with van der Waals surface area (Å²) in [5.74, 6) is 0.274. The average Bonchev–Trinajstić information content (AvgIpc) is 2.88. The zero-order valence-electron chi connectivity index (χ0n) is 20.8. The Labute approximate surface area is 211 Å². The molecule has 0 spiro atoms. The number of amides is 2. The van der Waals surface area contributed by atoms with Crippen LogP contribution >= 0.6 is 0 Å². The van der Waals surface area contributed by atoms with E-state index in [1.165, 1.54) is 0 Å². The minimum Gasteiger partial charge on any atom is -0.368 e. The molecule has 0 bridgehead atoms. The monoisotopic (exact) mass is 482 g/mol. The van der Waals surface area contributed by atoms with Crippen molar-refractivity contribution in [1.29, 1.82) is 5.26 Å². The third-order valence-corrected chi connectivity index (χ3v) is 6.45. The van der Waals surface area contributed by atoms with Gasteiger partial charge in [0, 0.05) is 48.1 Å². The normalized spacial score (nSPS) is 13.9. The van der Waals surface area contributed by atoms with Crippen LogP contribution in [0.1, 0.15) is 70.1 Å². The fraction of sp³-hybridized carbons (Fsp3) is 0.321. The summed E-state index contributed by atoms with van der Waals surface area (Å²) in [5, 5.41) is 12.2. The highest BCUT2D eigenvalue weighted by Gasteiger charge is 2.26. The quantitative estimate of drug-likeness (QED) is 0.541. The number of likely N-dealkylation sites (tertiary alicyclic amines) is 1. The van der Waals surface area contributed by atoms with E-state index in [4.69, 9.17) is 11.0 Å². The molecular formula is C28H30N6O2. The summed E-state index contributed by atoms with van der Waals surface area (Å²) in [6.45, 7) is 7.18. The summed E-state index contributed by atoms with van der Waals surface area (Å²) in [5.41, 5.74) is 10.1. The van der Waals surface area contributed by atoms with Gasteiger partial charge in [0.2, 0.25) is 0 Å². The second kappa shape index (κ2) is 10.6. The molecule has 3 N–H and O–H groups in total. The molecule has 3 aromatic rings. The van der Waals surface area contributed by atoms with Crippen LogP contribution in [0, 0.1) is 18.3 Å². The summed E-state index contributed by atoms with van der Waals surface area (Å²) in [4.78, 5) is 36.5. The summed E-state index contributed by atoms with van der Waals surface area (Å²) in [6, 6.07) is 14.9. The third kappa shape index (κ3) is 5.36. The van der Waals surface area contributed by atoms with Gasteiger partial charge in [-0.3, -0.25) is 14.6 Å². The molecule has 2 aromatic heterocycles. The number of nitrogens with zero attached hydrogens (tertiary/aromatic N) is 4. The molecule has 1 saturated heterocycles. The minimum absolute atomic E-state index is 0.0560. The number of carbonyl (C=O) groups is 2. The smallest absolute Gasteiger partial charge is 0.253 e. The molecule has 0 saturated carbocycles. The molecule has 1 fully saturated rings. The highest BCUT2D eigenvalue weighted by Crippen LogP contribution is 2.30. The van der Waals surface area contributed by atoms with Crippen LogP contribution in [0.5, 0.6) is 0 Å². The van der Waals surface area contributed by atoms with Crippen molar-refractivity contribution in [1.82, 2.24) is 14.9 Å². The number of benzene rings is 1. The van der Waals surface area contributed by atoms with Crippen LogP contribution in [-0.2, 0) is 0 Å². The predicted molar refractivity (Wildman–Crippen MR) is 139 cm³/mol. The zero-order valence-corrected chi connectivity index (χ0v) is 20.8. The van der Waals surface area contributed by atoms with E-state index in [2.05, 4.69) is 21.4 Å². The number of hydrogen-bond acceptors (Lipinski definition) is 6. The van der Waals surface area contributed by atoms with Crippen molar-refractivity contribution in [3.05, 3.63) is 76.6 Å². The molecule has 0 radical (unpaired) electrons. The van der Waals surface area contributed by atoms with Gasteiger partial charge in [-0.25, -0.2) is 4.98 Å². The first kappa shape index (κ1) is 24.9. The second-order valence-electron chi connectivity index (χ2n) is 9.44. The zero-order chi connectivity index (χ0) is 25.8. The van der Waals surface area contributed by atoms with E-state index >= 15 is 0 Å². The summed E-state index contributed by atoms with van der Waals surface area (Å²) in [7, 11) is 0. The van der Waals surface area contributed by atoms with E-state index in [0.29, 0.717) is 46.9 Å². The van der Waals surface area contributed by atoms with Crippen LogP contribution in [0.3, 0.4) is 0 Å². The summed E-state index contributed by atoms with van der Waals surface area (Å²) >= 11 is 0. The lowest BCUT2D eigenvalue weighted by Gasteiger charge is -2.32. The van der Waals surface area contributed by atoms with Gasteiger partial charge in [0.05, 0.1) is 16.8 Å². The molecule has 0 aliphatic carbocycles. The molecule has 1 aliphatic rings. The fourth-order valence-electron chi connectivity index (χ4n) is 4.52. The molecule has 36 heavy (non-hydrogen) atoms. The number of aromatic nitrogens is 2. The number of aryl methyl sites for hydroxylation is 1. The van der Waals surface area contributed by atoms with E-state index in [1.54, 1.807) is 30.5 Å². The molecule has 1 aromatic carbocycles. The van der Waals surface area contributed by atoms with Gasteiger partial charge in [-0.15, -0.1) is 0 Å². The van der Waals surface area contributed by atoms with Crippen LogP contribution in [0.2, 0.25) is 0 Å². The number of nitrogens with two attached hydrogens (primary N) is 1. The SMILES string of the molecule is Cc1ccc(C(=O)N2CCC(c3ccc(C#N)cn3)CC2)cc1-c1nc(NC(C)C)ccc1C(N)=O. The van der Waals surface area contributed by atoms with Crippen LogP contribution in [0.15, 0.2) is 48.7 Å². The number of anilines is 1. The topological polar surface area (TPSA) is 125 Å². The number of rotatable bonds is 6. The molecule has 8 heteroatoms.